The minimum absolute atomic E-state index is 0.164. The molecule has 1 fully saturated rings. The van der Waals surface area contributed by atoms with E-state index in [1.165, 1.54) is 11.0 Å². The second kappa shape index (κ2) is 3.61. The van der Waals surface area contributed by atoms with Crippen molar-refractivity contribution in [2.75, 3.05) is 18.0 Å². The van der Waals surface area contributed by atoms with E-state index in [0.717, 1.165) is 25.3 Å². The second-order valence-electron chi connectivity index (χ2n) is 3.91. The molecule has 1 aromatic heterocycles. The molecule has 1 aromatic rings. The van der Waals surface area contributed by atoms with Crippen LogP contribution in [0, 0.1) is 0 Å². The lowest BCUT2D eigenvalue weighted by atomic mass is 9.95. The van der Waals surface area contributed by atoms with E-state index in [9.17, 15) is 5.11 Å². The van der Waals surface area contributed by atoms with Crippen molar-refractivity contribution in [3.05, 3.63) is 17.8 Å². The van der Waals surface area contributed by atoms with Gasteiger partial charge in [0.05, 0.1) is 6.10 Å². The summed E-state index contributed by atoms with van der Waals surface area (Å²) in [5, 5.41) is 9.23. The van der Waals surface area contributed by atoms with Gasteiger partial charge < -0.3 is 10.0 Å². The summed E-state index contributed by atoms with van der Waals surface area (Å²) in [7, 11) is 2.06. The summed E-state index contributed by atoms with van der Waals surface area (Å²) in [5.41, 5.74) is 2.48. The number of anilines is 1. The zero-order valence-electron chi connectivity index (χ0n) is 8.70. The zero-order valence-corrected chi connectivity index (χ0v) is 8.70. The first-order valence-electron chi connectivity index (χ1n) is 5.09. The van der Waals surface area contributed by atoms with Crippen LogP contribution in [0.4, 0.5) is 5.82 Å². The van der Waals surface area contributed by atoms with Crippen molar-refractivity contribution < 1.29 is 5.11 Å². The third-order valence-corrected chi connectivity index (χ3v) is 2.62. The van der Waals surface area contributed by atoms with E-state index in [1.54, 1.807) is 0 Å². The predicted octanol–water partition coefficient (Wildman–Crippen LogP) is -0.917. The van der Waals surface area contributed by atoms with Crippen molar-refractivity contribution in [1.82, 2.24) is 4.98 Å². The van der Waals surface area contributed by atoms with Crippen molar-refractivity contribution in [1.29, 1.82) is 0 Å². The van der Waals surface area contributed by atoms with Gasteiger partial charge in [-0.1, -0.05) is 18.5 Å². The van der Waals surface area contributed by atoms with Gasteiger partial charge >= 0.3 is 0 Å². The van der Waals surface area contributed by atoms with Gasteiger partial charge in [-0.15, -0.1) is 0 Å². The van der Waals surface area contributed by atoms with Crippen molar-refractivity contribution in [2.45, 2.75) is 19.4 Å². The standard InChI is InChI=1S/C10H15BN2O/c1-2-7-3-8(11)4-12-10(7)13-5-9(14)6-13/h3-4,9,14H,2,5-6,11H2,1H3. The Labute approximate surface area is 85.2 Å². The van der Waals surface area contributed by atoms with Crippen molar-refractivity contribution in [3.63, 3.8) is 0 Å². The second-order valence-corrected chi connectivity index (χ2v) is 3.91. The fourth-order valence-corrected chi connectivity index (χ4v) is 1.80. The molecule has 0 unspecified atom stereocenters. The maximum atomic E-state index is 9.23. The lowest BCUT2D eigenvalue weighted by Gasteiger charge is -2.38. The van der Waals surface area contributed by atoms with Gasteiger partial charge in [-0.05, 0) is 12.0 Å². The molecule has 74 valence electrons. The molecule has 2 heterocycles. The summed E-state index contributed by atoms with van der Waals surface area (Å²) in [6.07, 6.45) is 2.72. The van der Waals surface area contributed by atoms with Gasteiger partial charge in [0.15, 0.2) is 0 Å². The maximum Gasteiger partial charge on any atom is 0.141 e. The molecule has 14 heavy (non-hydrogen) atoms. The van der Waals surface area contributed by atoms with Gasteiger partial charge in [-0.3, -0.25) is 0 Å². The third kappa shape index (κ3) is 1.62. The van der Waals surface area contributed by atoms with Crippen LogP contribution in [0.2, 0.25) is 0 Å². The molecule has 0 amide bonds. The number of aromatic nitrogens is 1. The molecule has 0 spiro atoms. The summed E-state index contributed by atoms with van der Waals surface area (Å²) >= 11 is 0. The highest BCUT2D eigenvalue weighted by atomic mass is 16.3. The van der Waals surface area contributed by atoms with Crippen LogP contribution in [0.1, 0.15) is 12.5 Å². The van der Waals surface area contributed by atoms with Crippen LogP contribution in [0.25, 0.3) is 0 Å². The Bertz CT molecular complexity index is 337. The first-order chi connectivity index (χ1) is 6.70. The molecular weight excluding hydrogens is 175 g/mol. The van der Waals surface area contributed by atoms with E-state index in [0.29, 0.717) is 0 Å². The molecule has 0 radical (unpaired) electrons. The zero-order chi connectivity index (χ0) is 10.1. The van der Waals surface area contributed by atoms with Crippen LogP contribution >= 0.6 is 0 Å². The Kier molecular flexibility index (Phi) is 2.46. The molecule has 1 saturated heterocycles. The Hall–Kier alpha value is -1.03. The van der Waals surface area contributed by atoms with E-state index >= 15 is 0 Å². The highest BCUT2D eigenvalue weighted by molar-refractivity contribution is 6.32. The minimum Gasteiger partial charge on any atom is -0.389 e. The molecule has 3 nitrogen and oxygen atoms in total. The lowest BCUT2D eigenvalue weighted by molar-refractivity contribution is 0.141. The van der Waals surface area contributed by atoms with E-state index < -0.39 is 0 Å². The molecule has 1 aliphatic rings. The average Bonchev–Trinajstić information content (AvgIpc) is 2.13. The van der Waals surface area contributed by atoms with Gasteiger partial charge in [-0.2, -0.15) is 0 Å². The van der Waals surface area contributed by atoms with E-state index in [2.05, 4.69) is 30.7 Å². The van der Waals surface area contributed by atoms with Crippen molar-refractivity contribution in [3.8, 4) is 0 Å². The molecule has 0 aliphatic carbocycles. The SMILES string of the molecule is Bc1cnc(N2CC(O)C2)c(CC)c1. The number of pyridine rings is 1. The molecule has 2 rings (SSSR count). The Morgan fingerprint density at radius 3 is 2.93 bits per heavy atom. The molecule has 0 atom stereocenters. The Morgan fingerprint density at radius 2 is 2.36 bits per heavy atom. The first-order valence-corrected chi connectivity index (χ1v) is 5.09. The van der Waals surface area contributed by atoms with Gasteiger partial charge in [0.1, 0.15) is 13.7 Å². The van der Waals surface area contributed by atoms with Crippen LogP contribution in [0.3, 0.4) is 0 Å². The quantitative estimate of drug-likeness (QED) is 0.613. The fraction of sp³-hybridized carbons (Fsp3) is 0.500. The number of hydrogen-bond acceptors (Lipinski definition) is 3. The number of aliphatic hydroxyl groups is 1. The maximum absolute atomic E-state index is 9.23. The molecule has 0 aromatic carbocycles. The molecule has 1 aliphatic heterocycles. The average molecular weight is 190 g/mol. The minimum atomic E-state index is -0.164. The van der Waals surface area contributed by atoms with E-state index in [1.807, 2.05) is 6.20 Å². The third-order valence-electron chi connectivity index (χ3n) is 2.62. The first kappa shape index (κ1) is 9.53. The Balaban J connectivity index is 2.24. The van der Waals surface area contributed by atoms with Gasteiger partial charge in [-0.25, -0.2) is 4.98 Å². The molecule has 0 bridgehead atoms. The molecule has 0 saturated carbocycles. The number of rotatable bonds is 2. The van der Waals surface area contributed by atoms with Gasteiger partial charge in [0.25, 0.3) is 0 Å². The fourth-order valence-electron chi connectivity index (χ4n) is 1.80. The Morgan fingerprint density at radius 1 is 1.64 bits per heavy atom. The number of hydrogen-bond donors (Lipinski definition) is 1. The van der Waals surface area contributed by atoms with E-state index in [-0.39, 0.29) is 6.10 Å². The number of aliphatic hydroxyl groups excluding tert-OH is 1. The van der Waals surface area contributed by atoms with Crippen LogP contribution in [-0.4, -0.2) is 37.1 Å². The van der Waals surface area contributed by atoms with Crippen LogP contribution < -0.4 is 10.4 Å². The summed E-state index contributed by atoms with van der Waals surface area (Å²) in [5.74, 6) is 1.04. The summed E-state index contributed by atoms with van der Waals surface area (Å²) in [6.45, 7) is 3.59. The smallest absolute Gasteiger partial charge is 0.141 e. The van der Waals surface area contributed by atoms with Gasteiger partial charge in [0.2, 0.25) is 0 Å². The number of aryl methyl sites for hydroxylation is 1. The molecule has 1 N–H and O–H groups in total. The lowest BCUT2D eigenvalue weighted by Crippen LogP contribution is -2.51. The summed E-state index contributed by atoms with van der Waals surface area (Å²) in [4.78, 5) is 6.55. The van der Waals surface area contributed by atoms with Crippen molar-refractivity contribution >= 4 is 19.1 Å². The number of nitrogens with zero attached hydrogens (tertiary/aromatic N) is 2. The van der Waals surface area contributed by atoms with E-state index in [4.69, 9.17) is 0 Å². The molecule has 4 heteroatoms. The predicted molar refractivity (Wildman–Crippen MR) is 60.0 cm³/mol. The largest absolute Gasteiger partial charge is 0.389 e. The van der Waals surface area contributed by atoms with Crippen LogP contribution in [0.15, 0.2) is 12.3 Å². The summed E-state index contributed by atoms with van der Waals surface area (Å²) < 4.78 is 0. The normalized spacial score (nSPS) is 16.9. The van der Waals surface area contributed by atoms with Crippen molar-refractivity contribution in [2.24, 2.45) is 0 Å². The van der Waals surface area contributed by atoms with Crippen LogP contribution in [-0.2, 0) is 6.42 Å². The topological polar surface area (TPSA) is 36.4 Å². The van der Waals surface area contributed by atoms with Gasteiger partial charge in [0, 0.05) is 19.3 Å². The highest BCUT2D eigenvalue weighted by Gasteiger charge is 2.26. The number of β-amino-alcohol motifs (C(OH)–C–C–N with tert-alkyl or cyclic N) is 1. The monoisotopic (exact) mass is 190 g/mol. The highest BCUT2D eigenvalue weighted by Crippen LogP contribution is 2.22. The summed E-state index contributed by atoms with van der Waals surface area (Å²) in [6, 6.07) is 2.17. The molecular formula is C10H15BN2O. The van der Waals surface area contributed by atoms with Crippen LogP contribution in [0.5, 0.6) is 0 Å².